The zero-order chi connectivity index (χ0) is 24.4. The van der Waals surface area contributed by atoms with Crippen molar-refractivity contribution in [3.63, 3.8) is 0 Å². The molecule has 1 aliphatic heterocycles. The zero-order valence-corrected chi connectivity index (χ0v) is 21.6. The maximum absolute atomic E-state index is 13.2. The summed E-state index contributed by atoms with van der Waals surface area (Å²) in [6, 6.07) is 26.9. The normalized spacial score (nSPS) is 14.8. The largest absolute Gasteiger partial charge is 0.488 e. The van der Waals surface area contributed by atoms with Crippen molar-refractivity contribution in [2.24, 2.45) is 0 Å². The molecule has 0 N–H and O–H groups in total. The molecule has 0 bridgehead atoms. The minimum Gasteiger partial charge on any atom is -0.488 e. The predicted molar refractivity (Wildman–Crippen MR) is 145 cm³/mol. The fraction of sp³-hybridized carbons (Fsp3) is 0.0714. The number of hydrogen-bond donors (Lipinski definition) is 0. The number of nitrogens with zero attached hydrogens (tertiary/aromatic N) is 1. The van der Waals surface area contributed by atoms with E-state index in [-0.39, 0.29) is 17.7 Å². The van der Waals surface area contributed by atoms with Gasteiger partial charge in [-0.3, -0.25) is 14.5 Å². The van der Waals surface area contributed by atoms with Gasteiger partial charge in [0.2, 0.25) is 0 Å². The van der Waals surface area contributed by atoms with Crippen molar-refractivity contribution in [2.75, 3.05) is 0 Å². The smallest absolute Gasteiger partial charge is 0.293 e. The van der Waals surface area contributed by atoms with Crippen molar-refractivity contribution in [3.8, 4) is 5.75 Å². The molecule has 0 spiro atoms. The molecule has 0 saturated carbocycles. The monoisotopic (exact) mass is 563 g/mol. The molecule has 35 heavy (non-hydrogen) atoms. The standard InChI is InChI=1S/C28H19BrClNO3S/c29-22-10-13-25(34-17-18-8-11-23(30)12-9-18)21(14-22)15-26-27(32)31(28(33)35-26)16-20-6-3-5-19-4-1-2-7-24(19)20/h1-15H,16-17H2/b26-15+. The van der Waals surface area contributed by atoms with Crippen LogP contribution in [0.1, 0.15) is 16.7 Å². The zero-order valence-electron chi connectivity index (χ0n) is 18.4. The van der Waals surface area contributed by atoms with Crippen LogP contribution in [0, 0.1) is 0 Å². The number of imide groups is 1. The second kappa shape index (κ2) is 10.3. The molecule has 2 amide bonds. The van der Waals surface area contributed by atoms with E-state index in [1.54, 1.807) is 6.08 Å². The Morgan fingerprint density at radius 1 is 0.943 bits per heavy atom. The molecule has 0 unspecified atom stereocenters. The van der Waals surface area contributed by atoms with Crippen molar-refractivity contribution < 1.29 is 14.3 Å². The Balaban J connectivity index is 1.39. The third-order valence-corrected chi connectivity index (χ3v) is 7.30. The van der Waals surface area contributed by atoms with Gasteiger partial charge >= 0.3 is 0 Å². The van der Waals surface area contributed by atoms with E-state index in [1.165, 1.54) is 4.90 Å². The number of hydrogen-bond acceptors (Lipinski definition) is 4. The van der Waals surface area contributed by atoms with Gasteiger partial charge in [-0.05, 0) is 70.1 Å². The van der Waals surface area contributed by atoms with Crippen LogP contribution in [0.4, 0.5) is 4.79 Å². The Kier molecular flexibility index (Phi) is 6.95. The molecule has 1 fully saturated rings. The van der Waals surface area contributed by atoms with Crippen LogP contribution in [0.3, 0.4) is 0 Å². The number of ether oxygens (including phenoxy) is 1. The van der Waals surface area contributed by atoms with E-state index in [9.17, 15) is 9.59 Å². The van der Waals surface area contributed by atoms with E-state index in [4.69, 9.17) is 16.3 Å². The first-order valence-electron chi connectivity index (χ1n) is 10.9. The molecule has 1 heterocycles. The lowest BCUT2D eigenvalue weighted by Crippen LogP contribution is -2.27. The molecule has 0 radical (unpaired) electrons. The summed E-state index contributed by atoms with van der Waals surface area (Å²) in [7, 11) is 0. The molecule has 0 aliphatic carbocycles. The summed E-state index contributed by atoms with van der Waals surface area (Å²) in [5, 5.41) is 2.48. The fourth-order valence-corrected chi connectivity index (χ4v) is 5.22. The van der Waals surface area contributed by atoms with Crippen LogP contribution in [-0.4, -0.2) is 16.0 Å². The summed E-state index contributed by atoms with van der Waals surface area (Å²) < 4.78 is 6.88. The lowest BCUT2D eigenvalue weighted by Gasteiger charge is -2.14. The van der Waals surface area contributed by atoms with Gasteiger partial charge in [-0.2, -0.15) is 0 Å². The summed E-state index contributed by atoms with van der Waals surface area (Å²) in [5.74, 6) is 0.306. The minimum absolute atomic E-state index is 0.224. The van der Waals surface area contributed by atoms with E-state index >= 15 is 0 Å². The lowest BCUT2D eigenvalue weighted by molar-refractivity contribution is -0.123. The highest BCUT2D eigenvalue weighted by Gasteiger charge is 2.35. The summed E-state index contributed by atoms with van der Waals surface area (Å²) in [6.45, 7) is 0.573. The first-order valence-corrected chi connectivity index (χ1v) is 12.9. The second-order valence-electron chi connectivity index (χ2n) is 8.00. The molecule has 0 atom stereocenters. The van der Waals surface area contributed by atoms with Gasteiger partial charge in [-0.15, -0.1) is 0 Å². The summed E-state index contributed by atoms with van der Waals surface area (Å²) >= 11 is 10.4. The molecular formula is C28H19BrClNO3S. The van der Waals surface area contributed by atoms with Gasteiger partial charge in [0.15, 0.2) is 0 Å². The Bertz CT molecular complexity index is 1460. The van der Waals surface area contributed by atoms with Crippen LogP contribution in [0.5, 0.6) is 5.75 Å². The van der Waals surface area contributed by atoms with Gasteiger partial charge in [0.1, 0.15) is 12.4 Å². The van der Waals surface area contributed by atoms with Crippen LogP contribution < -0.4 is 4.74 Å². The van der Waals surface area contributed by atoms with Crippen molar-refractivity contribution in [1.82, 2.24) is 4.90 Å². The molecule has 4 nitrogen and oxygen atoms in total. The first kappa shape index (κ1) is 23.7. The lowest BCUT2D eigenvalue weighted by atomic mass is 10.0. The molecule has 174 valence electrons. The van der Waals surface area contributed by atoms with Crippen LogP contribution in [0.2, 0.25) is 5.02 Å². The van der Waals surface area contributed by atoms with Gasteiger partial charge in [0, 0.05) is 15.1 Å². The summed E-state index contributed by atoms with van der Waals surface area (Å²) in [6.07, 6.45) is 1.72. The predicted octanol–water partition coefficient (Wildman–Crippen LogP) is 8.07. The summed E-state index contributed by atoms with van der Waals surface area (Å²) in [4.78, 5) is 27.7. The van der Waals surface area contributed by atoms with E-state index in [0.29, 0.717) is 27.8 Å². The topological polar surface area (TPSA) is 46.6 Å². The number of halogens is 2. The molecule has 7 heteroatoms. The van der Waals surface area contributed by atoms with Gasteiger partial charge in [0.25, 0.3) is 11.1 Å². The summed E-state index contributed by atoms with van der Waals surface area (Å²) in [5.41, 5.74) is 2.61. The van der Waals surface area contributed by atoms with E-state index in [0.717, 1.165) is 38.1 Å². The Hall–Kier alpha value is -3.06. The number of benzene rings is 4. The van der Waals surface area contributed by atoms with Gasteiger partial charge < -0.3 is 4.74 Å². The van der Waals surface area contributed by atoms with Crippen LogP contribution in [0.15, 0.2) is 94.3 Å². The van der Waals surface area contributed by atoms with Crippen molar-refractivity contribution >= 4 is 67.3 Å². The van der Waals surface area contributed by atoms with Crippen molar-refractivity contribution in [2.45, 2.75) is 13.2 Å². The highest BCUT2D eigenvalue weighted by molar-refractivity contribution is 9.10. The van der Waals surface area contributed by atoms with Gasteiger partial charge in [-0.25, -0.2) is 0 Å². The molecule has 4 aromatic carbocycles. The maximum atomic E-state index is 13.2. The highest BCUT2D eigenvalue weighted by Crippen LogP contribution is 2.36. The average Bonchev–Trinajstić information content (AvgIpc) is 3.12. The number of amides is 2. The Morgan fingerprint density at radius 3 is 2.54 bits per heavy atom. The van der Waals surface area contributed by atoms with Crippen molar-refractivity contribution in [3.05, 3.63) is 116 Å². The molecule has 1 aliphatic rings. The second-order valence-corrected chi connectivity index (χ2v) is 10.3. The van der Waals surface area contributed by atoms with Crippen LogP contribution in [-0.2, 0) is 17.9 Å². The first-order chi connectivity index (χ1) is 17.0. The van der Waals surface area contributed by atoms with E-state index in [1.807, 2.05) is 84.9 Å². The maximum Gasteiger partial charge on any atom is 0.293 e. The Labute approximate surface area is 220 Å². The SMILES string of the molecule is O=C1S/C(=C/c2cc(Br)ccc2OCc2ccc(Cl)cc2)C(=O)N1Cc1cccc2ccccc12. The average molecular weight is 565 g/mol. The third kappa shape index (κ3) is 5.30. The molecule has 5 rings (SSSR count). The fourth-order valence-electron chi connectivity index (χ4n) is 3.88. The number of carbonyl (C=O) groups is 2. The van der Waals surface area contributed by atoms with Gasteiger partial charge in [0.05, 0.1) is 11.4 Å². The van der Waals surface area contributed by atoms with Crippen LogP contribution in [0.25, 0.3) is 16.8 Å². The molecular weight excluding hydrogens is 546 g/mol. The third-order valence-electron chi connectivity index (χ3n) is 5.65. The highest BCUT2D eigenvalue weighted by atomic mass is 79.9. The van der Waals surface area contributed by atoms with Crippen molar-refractivity contribution in [1.29, 1.82) is 0 Å². The van der Waals surface area contributed by atoms with Gasteiger partial charge in [-0.1, -0.05) is 82.1 Å². The Morgan fingerprint density at radius 2 is 1.71 bits per heavy atom. The number of thioether (sulfide) groups is 1. The van der Waals surface area contributed by atoms with E-state index in [2.05, 4.69) is 15.9 Å². The molecule has 4 aromatic rings. The van der Waals surface area contributed by atoms with E-state index < -0.39 is 0 Å². The number of rotatable bonds is 6. The number of fused-ring (bicyclic) bond motifs is 1. The van der Waals surface area contributed by atoms with Crippen LogP contribution >= 0.6 is 39.3 Å². The molecule has 1 saturated heterocycles. The minimum atomic E-state index is -0.309. The molecule has 0 aromatic heterocycles. The quantitative estimate of drug-likeness (QED) is 0.222. The number of carbonyl (C=O) groups excluding carboxylic acids is 2.